The van der Waals surface area contributed by atoms with E-state index < -0.39 is 0 Å². The van der Waals surface area contributed by atoms with E-state index in [4.69, 9.17) is 17.3 Å². The molecule has 1 aromatic heterocycles. The number of nitrogens with one attached hydrogen (secondary N) is 1. The van der Waals surface area contributed by atoms with Crippen molar-refractivity contribution in [2.24, 2.45) is 7.05 Å². The lowest BCUT2D eigenvalue weighted by atomic mass is 10.1. The van der Waals surface area contributed by atoms with Gasteiger partial charge in [-0.05, 0) is 32.0 Å². The molecule has 1 heterocycles. The van der Waals surface area contributed by atoms with Crippen molar-refractivity contribution >= 4 is 23.2 Å². The molecule has 20 heavy (non-hydrogen) atoms. The summed E-state index contributed by atoms with van der Waals surface area (Å²) < 4.78 is 1.80. The molecule has 0 unspecified atom stereocenters. The Morgan fingerprint density at radius 1 is 1.45 bits per heavy atom. The summed E-state index contributed by atoms with van der Waals surface area (Å²) in [6.07, 6.45) is 0. The predicted octanol–water partition coefficient (Wildman–Crippen LogP) is 2.20. The molecule has 0 aliphatic heterocycles. The first-order chi connectivity index (χ1) is 9.40. The van der Waals surface area contributed by atoms with E-state index in [1.165, 1.54) is 0 Å². The molecule has 2 aromatic rings. The average molecular weight is 293 g/mol. The quantitative estimate of drug-likeness (QED) is 0.852. The van der Waals surface area contributed by atoms with Crippen LogP contribution in [0.15, 0.2) is 18.2 Å². The highest BCUT2D eigenvalue weighted by molar-refractivity contribution is 6.31. The fourth-order valence-corrected chi connectivity index (χ4v) is 2.23. The van der Waals surface area contributed by atoms with Gasteiger partial charge < -0.3 is 11.1 Å². The number of nitrogens with two attached hydrogens (primary N) is 1. The molecular weight excluding hydrogens is 276 g/mol. The van der Waals surface area contributed by atoms with E-state index in [0.29, 0.717) is 22.8 Å². The van der Waals surface area contributed by atoms with Gasteiger partial charge in [0.1, 0.15) is 0 Å². The van der Waals surface area contributed by atoms with Gasteiger partial charge in [0.2, 0.25) is 0 Å². The van der Waals surface area contributed by atoms with Crippen molar-refractivity contribution in [2.45, 2.75) is 20.4 Å². The number of carbonyl (C=O) groups is 1. The molecule has 0 aliphatic rings. The second kappa shape index (κ2) is 5.54. The van der Waals surface area contributed by atoms with Crippen molar-refractivity contribution < 1.29 is 4.79 Å². The van der Waals surface area contributed by atoms with E-state index >= 15 is 0 Å². The van der Waals surface area contributed by atoms with Crippen molar-refractivity contribution in [1.29, 1.82) is 0 Å². The summed E-state index contributed by atoms with van der Waals surface area (Å²) in [6, 6.07) is 4.84. The van der Waals surface area contributed by atoms with Crippen LogP contribution in [0.25, 0.3) is 0 Å². The van der Waals surface area contributed by atoms with Gasteiger partial charge in [-0.25, -0.2) is 0 Å². The van der Waals surface area contributed by atoms with Crippen molar-refractivity contribution in [1.82, 2.24) is 15.1 Å². The number of aromatic nitrogens is 2. The van der Waals surface area contributed by atoms with E-state index in [1.54, 1.807) is 22.9 Å². The zero-order valence-electron chi connectivity index (χ0n) is 11.7. The van der Waals surface area contributed by atoms with Gasteiger partial charge in [-0.1, -0.05) is 11.6 Å². The van der Waals surface area contributed by atoms with Crippen molar-refractivity contribution in [2.75, 3.05) is 5.73 Å². The standard InChI is InChI=1S/C14H17ClN4O/c1-8-12(9(2)19(3)18-8)7-17-14(20)11-6-10(15)4-5-13(11)16/h4-6H,7,16H2,1-3H3,(H,17,20). The first-order valence-electron chi connectivity index (χ1n) is 6.22. The van der Waals surface area contributed by atoms with Gasteiger partial charge in [0.25, 0.3) is 5.91 Å². The van der Waals surface area contributed by atoms with Crippen LogP contribution in [0.5, 0.6) is 0 Å². The molecular formula is C14H17ClN4O. The van der Waals surface area contributed by atoms with Crippen molar-refractivity contribution in [3.63, 3.8) is 0 Å². The number of aryl methyl sites for hydroxylation is 2. The lowest BCUT2D eigenvalue weighted by molar-refractivity contribution is 0.0951. The number of carbonyl (C=O) groups excluding carboxylic acids is 1. The third kappa shape index (κ3) is 2.77. The lowest BCUT2D eigenvalue weighted by Gasteiger charge is -2.08. The normalized spacial score (nSPS) is 10.6. The summed E-state index contributed by atoms with van der Waals surface area (Å²) in [5, 5.41) is 7.64. The Kier molecular flexibility index (Phi) is 3.99. The third-order valence-electron chi connectivity index (χ3n) is 3.34. The maximum absolute atomic E-state index is 12.1. The smallest absolute Gasteiger partial charge is 0.253 e. The van der Waals surface area contributed by atoms with Gasteiger partial charge in [-0.2, -0.15) is 5.10 Å². The van der Waals surface area contributed by atoms with Gasteiger partial charge in [-0.15, -0.1) is 0 Å². The monoisotopic (exact) mass is 292 g/mol. The third-order valence-corrected chi connectivity index (χ3v) is 3.58. The molecule has 6 heteroatoms. The molecule has 2 rings (SSSR count). The van der Waals surface area contributed by atoms with Crippen LogP contribution < -0.4 is 11.1 Å². The second-order valence-corrected chi connectivity index (χ2v) is 5.12. The van der Waals surface area contributed by atoms with Gasteiger partial charge in [0, 0.05) is 35.6 Å². The molecule has 1 aromatic carbocycles. The second-order valence-electron chi connectivity index (χ2n) is 4.69. The molecule has 3 N–H and O–H groups in total. The zero-order valence-corrected chi connectivity index (χ0v) is 12.5. The molecule has 106 valence electrons. The first kappa shape index (κ1) is 14.4. The molecule has 1 amide bonds. The van der Waals surface area contributed by atoms with Crippen LogP contribution in [0.2, 0.25) is 5.02 Å². The van der Waals surface area contributed by atoms with E-state index in [2.05, 4.69) is 10.4 Å². The molecule has 0 saturated carbocycles. The minimum absolute atomic E-state index is 0.243. The molecule has 0 bridgehead atoms. The van der Waals surface area contributed by atoms with Crippen LogP contribution in [0.3, 0.4) is 0 Å². The summed E-state index contributed by atoms with van der Waals surface area (Å²) in [5.74, 6) is -0.243. The fourth-order valence-electron chi connectivity index (χ4n) is 2.06. The maximum Gasteiger partial charge on any atom is 0.253 e. The zero-order chi connectivity index (χ0) is 14.9. The van der Waals surface area contributed by atoms with Crippen LogP contribution in [0.1, 0.15) is 27.3 Å². The number of halogens is 1. The lowest BCUT2D eigenvalue weighted by Crippen LogP contribution is -2.24. The summed E-state index contributed by atoms with van der Waals surface area (Å²) >= 11 is 5.88. The molecule has 5 nitrogen and oxygen atoms in total. The van der Waals surface area contributed by atoms with Crippen molar-refractivity contribution in [3.8, 4) is 0 Å². The van der Waals surface area contributed by atoms with E-state index in [9.17, 15) is 4.79 Å². The number of nitrogen functional groups attached to an aromatic ring is 1. The van der Waals surface area contributed by atoms with Gasteiger partial charge in [-0.3, -0.25) is 9.48 Å². The predicted molar refractivity (Wildman–Crippen MR) is 79.7 cm³/mol. The number of rotatable bonds is 3. The summed E-state index contributed by atoms with van der Waals surface area (Å²) in [5.41, 5.74) is 9.53. The van der Waals surface area contributed by atoms with Gasteiger partial charge >= 0.3 is 0 Å². The highest BCUT2D eigenvalue weighted by Crippen LogP contribution is 2.18. The topological polar surface area (TPSA) is 72.9 Å². The first-order valence-corrected chi connectivity index (χ1v) is 6.60. The molecule has 0 fully saturated rings. The minimum atomic E-state index is -0.243. The van der Waals surface area contributed by atoms with E-state index in [-0.39, 0.29) is 5.91 Å². The molecule has 0 saturated heterocycles. The van der Waals surface area contributed by atoms with Crippen LogP contribution in [0.4, 0.5) is 5.69 Å². The number of benzene rings is 1. The number of anilines is 1. The molecule has 0 aliphatic carbocycles. The van der Waals surface area contributed by atoms with E-state index in [0.717, 1.165) is 17.0 Å². The summed E-state index contributed by atoms with van der Waals surface area (Å²) in [4.78, 5) is 12.1. The van der Waals surface area contributed by atoms with Crippen LogP contribution in [0, 0.1) is 13.8 Å². The highest BCUT2D eigenvalue weighted by Gasteiger charge is 2.13. The average Bonchev–Trinajstić information content (AvgIpc) is 2.64. The Balaban J connectivity index is 2.15. The van der Waals surface area contributed by atoms with E-state index in [1.807, 2.05) is 20.9 Å². The SMILES string of the molecule is Cc1nn(C)c(C)c1CNC(=O)c1cc(Cl)ccc1N. The summed E-state index contributed by atoms with van der Waals surface area (Å²) in [6.45, 7) is 4.30. The number of hydrogen-bond acceptors (Lipinski definition) is 3. The van der Waals surface area contributed by atoms with Gasteiger partial charge in [0.15, 0.2) is 0 Å². The Morgan fingerprint density at radius 3 is 2.75 bits per heavy atom. The number of amides is 1. The Labute approximate surface area is 122 Å². The highest BCUT2D eigenvalue weighted by atomic mass is 35.5. The van der Waals surface area contributed by atoms with Crippen molar-refractivity contribution in [3.05, 3.63) is 45.7 Å². The van der Waals surface area contributed by atoms with Crippen LogP contribution in [-0.4, -0.2) is 15.7 Å². The molecule has 0 radical (unpaired) electrons. The Hall–Kier alpha value is -2.01. The molecule has 0 atom stereocenters. The minimum Gasteiger partial charge on any atom is -0.398 e. The summed E-state index contributed by atoms with van der Waals surface area (Å²) in [7, 11) is 1.88. The maximum atomic E-state index is 12.1. The van der Waals surface area contributed by atoms with Crippen LogP contribution >= 0.6 is 11.6 Å². The fraction of sp³-hybridized carbons (Fsp3) is 0.286. The number of hydrogen-bond donors (Lipinski definition) is 2. The largest absolute Gasteiger partial charge is 0.398 e. The van der Waals surface area contributed by atoms with Gasteiger partial charge in [0.05, 0.1) is 11.3 Å². The number of nitrogens with zero attached hydrogens (tertiary/aromatic N) is 2. The van der Waals surface area contributed by atoms with Crippen LogP contribution in [-0.2, 0) is 13.6 Å². The molecule has 0 spiro atoms. The Bertz CT molecular complexity index is 663. The Morgan fingerprint density at radius 2 is 2.15 bits per heavy atom.